The van der Waals surface area contributed by atoms with Crippen molar-refractivity contribution < 1.29 is 8.42 Å². The molecule has 1 aromatic carbocycles. The molecule has 0 aliphatic carbocycles. The monoisotopic (exact) mass is 296 g/mol. The number of hydrogen-bond donors (Lipinski definition) is 2. The lowest BCUT2D eigenvalue weighted by atomic mass is 10.1. The van der Waals surface area contributed by atoms with Gasteiger partial charge in [0.25, 0.3) is 0 Å². The van der Waals surface area contributed by atoms with Gasteiger partial charge in [0.2, 0.25) is 10.0 Å². The van der Waals surface area contributed by atoms with Gasteiger partial charge in [0.15, 0.2) is 0 Å². The molecule has 0 saturated heterocycles. The average molecular weight is 296 g/mol. The zero-order valence-electron chi connectivity index (χ0n) is 10.6. The average Bonchev–Trinajstić information content (AvgIpc) is 2.83. The maximum atomic E-state index is 12.0. The van der Waals surface area contributed by atoms with Crippen molar-refractivity contribution in [2.24, 2.45) is 0 Å². The normalized spacial score (nSPS) is 11.4. The van der Waals surface area contributed by atoms with Crippen molar-refractivity contribution in [3.63, 3.8) is 0 Å². The summed E-state index contributed by atoms with van der Waals surface area (Å²) in [7, 11) is -1.46. The molecule has 0 saturated carbocycles. The van der Waals surface area contributed by atoms with Crippen molar-refractivity contribution in [2.75, 3.05) is 11.8 Å². The molecular formula is C13H16N2O2S2. The van der Waals surface area contributed by atoms with Crippen LogP contribution in [0.1, 0.15) is 11.1 Å². The number of anilines is 1. The smallest absolute Gasteiger partial charge is 0.236 e. The summed E-state index contributed by atoms with van der Waals surface area (Å²) in [6, 6.07) is 9.31. The Kier molecular flexibility index (Phi) is 4.57. The summed E-state index contributed by atoms with van der Waals surface area (Å²) in [4.78, 5) is 0. The topological polar surface area (TPSA) is 58.2 Å². The maximum Gasteiger partial charge on any atom is 0.236 e. The molecule has 1 heterocycles. The Bertz CT molecular complexity index is 605. The zero-order chi connectivity index (χ0) is 13.7. The molecule has 1 aromatic heterocycles. The van der Waals surface area contributed by atoms with E-state index < -0.39 is 10.0 Å². The van der Waals surface area contributed by atoms with Crippen LogP contribution in [0, 0.1) is 0 Å². The van der Waals surface area contributed by atoms with Crippen molar-refractivity contribution >= 4 is 27.0 Å². The molecule has 2 rings (SSSR count). The summed E-state index contributed by atoms with van der Waals surface area (Å²) in [5, 5.41) is 6.66. The lowest BCUT2D eigenvalue weighted by Gasteiger charge is -2.07. The third kappa shape index (κ3) is 4.34. The minimum absolute atomic E-state index is 0.0112. The third-order valence-electron chi connectivity index (χ3n) is 2.56. The Morgan fingerprint density at radius 3 is 2.37 bits per heavy atom. The molecule has 0 unspecified atom stereocenters. The fraction of sp³-hybridized carbons (Fsp3) is 0.231. The van der Waals surface area contributed by atoms with Crippen molar-refractivity contribution in [1.29, 1.82) is 0 Å². The van der Waals surface area contributed by atoms with Gasteiger partial charge in [0.1, 0.15) is 0 Å². The van der Waals surface area contributed by atoms with E-state index in [1.165, 1.54) is 11.3 Å². The van der Waals surface area contributed by atoms with E-state index in [1.54, 1.807) is 11.4 Å². The second kappa shape index (κ2) is 6.18. The maximum absolute atomic E-state index is 12.0. The number of nitrogens with one attached hydrogen (secondary N) is 2. The van der Waals surface area contributed by atoms with Crippen LogP contribution >= 0.6 is 11.3 Å². The van der Waals surface area contributed by atoms with Crippen LogP contribution in [0.4, 0.5) is 5.69 Å². The van der Waals surface area contributed by atoms with Crippen molar-refractivity contribution in [1.82, 2.24) is 5.32 Å². The van der Waals surface area contributed by atoms with Gasteiger partial charge in [-0.2, -0.15) is 11.3 Å². The molecule has 0 atom stereocenters. The molecule has 0 fully saturated rings. The molecule has 0 aliphatic heterocycles. The summed E-state index contributed by atoms with van der Waals surface area (Å²) in [5.41, 5.74) is 2.54. The summed E-state index contributed by atoms with van der Waals surface area (Å²) in [5.74, 6) is -0.0112. The molecule has 19 heavy (non-hydrogen) atoms. The highest BCUT2D eigenvalue weighted by molar-refractivity contribution is 7.91. The van der Waals surface area contributed by atoms with Gasteiger partial charge in [-0.1, -0.05) is 24.3 Å². The molecule has 4 nitrogen and oxygen atoms in total. The SMILES string of the molecule is CNCc1ccc(CS(=O)(=O)Nc2ccsc2)cc1. The van der Waals surface area contributed by atoms with Gasteiger partial charge < -0.3 is 5.32 Å². The van der Waals surface area contributed by atoms with Crippen LogP contribution in [0.3, 0.4) is 0 Å². The molecule has 102 valence electrons. The van der Waals surface area contributed by atoms with Crippen molar-refractivity contribution in [2.45, 2.75) is 12.3 Å². The molecular weight excluding hydrogens is 280 g/mol. The van der Waals surface area contributed by atoms with Gasteiger partial charge >= 0.3 is 0 Å². The van der Waals surface area contributed by atoms with Gasteiger partial charge in [-0.15, -0.1) is 0 Å². The molecule has 2 aromatic rings. The number of hydrogen-bond acceptors (Lipinski definition) is 4. The molecule has 0 spiro atoms. The van der Waals surface area contributed by atoms with Gasteiger partial charge in [0, 0.05) is 11.9 Å². The highest BCUT2D eigenvalue weighted by Gasteiger charge is 2.11. The predicted octanol–water partition coefficient (Wildman–Crippen LogP) is 2.41. The third-order valence-corrected chi connectivity index (χ3v) is 4.50. The van der Waals surface area contributed by atoms with E-state index in [-0.39, 0.29) is 5.75 Å². The van der Waals surface area contributed by atoms with Gasteiger partial charge in [-0.25, -0.2) is 8.42 Å². The van der Waals surface area contributed by atoms with Crippen molar-refractivity contribution in [3.8, 4) is 0 Å². The summed E-state index contributed by atoms with van der Waals surface area (Å²) in [6.45, 7) is 0.778. The Morgan fingerprint density at radius 1 is 1.11 bits per heavy atom. The van der Waals surface area contributed by atoms with Crippen LogP contribution in [0.2, 0.25) is 0 Å². The highest BCUT2D eigenvalue weighted by Crippen LogP contribution is 2.16. The molecule has 0 radical (unpaired) electrons. The van der Waals surface area contributed by atoms with Crippen LogP contribution in [0.5, 0.6) is 0 Å². The molecule has 0 amide bonds. The fourth-order valence-corrected chi connectivity index (χ4v) is 3.57. The Morgan fingerprint density at radius 2 is 1.79 bits per heavy atom. The van der Waals surface area contributed by atoms with Gasteiger partial charge in [0.05, 0.1) is 11.4 Å². The first-order valence-corrected chi connectivity index (χ1v) is 8.44. The first kappa shape index (κ1) is 14.0. The van der Waals surface area contributed by atoms with Gasteiger partial charge in [-0.05, 0) is 29.6 Å². The van der Waals surface area contributed by atoms with Crippen LogP contribution in [-0.4, -0.2) is 15.5 Å². The van der Waals surface area contributed by atoms with E-state index in [0.29, 0.717) is 5.69 Å². The minimum Gasteiger partial charge on any atom is -0.316 e. The number of benzene rings is 1. The largest absolute Gasteiger partial charge is 0.316 e. The van der Waals surface area contributed by atoms with Crippen LogP contribution < -0.4 is 10.0 Å². The van der Waals surface area contributed by atoms with E-state index in [9.17, 15) is 8.42 Å². The Balaban J connectivity index is 2.03. The molecule has 6 heteroatoms. The standard InChI is InChI=1S/C13H16N2O2S2/c1-14-8-11-2-4-12(5-3-11)10-19(16,17)15-13-6-7-18-9-13/h2-7,9,14-15H,8,10H2,1H3. The lowest BCUT2D eigenvalue weighted by molar-refractivity contribution is 0.600. The van der Waals surface area contributed by atoms with E-state index in [4.69, 9.17) is 0 Å². The molecule has 0 bridgehead atoms. The quantitative estimate of drug-likeness (QED) is 0.860. The highest BCUT2D eigenvalue weighted by atomic mass is 32.2. The number of thiophene rings is 1. The lowest BCUT2D eigenvalue weighted by Crippen LogP contribution is -2.14. The van der Waals surface area contributed by atoms with E-state index in [1.807, 2.05) is 36.7 Å². The van der Waals surface area contributed by atoms with E-state index >= 15 is 0 Å². The predicted molar refractivity (Wildman–Crippen MR) is 79.8 cm³/mol. The number of rotatable bonds is 6. The van der Waals surface area contributed by atoms with Gasteiger partial charge in [-0.3, -0.25) is 4.72 Å². The van der Waals surface area contributed by atoms with E-state index in [2.05, 4.69) is 10.0 Å². The second-order valence-corrected chi connectivity index (χ2v) is 6.72. The van der Waals surface area contributed by atoms with E-state index in [0.717, 1.165) is 17.7 Å². The Hall–Kier alpha value is -1.37. The summed E-state index contributed by atoms with van der Waals surface area (Å²) >= 11 is 1.46. The molecule has 0 aliphatic rings. The van der Waals surface area contributed by atoms with Crippen LogP contribution in [0.25, 0.3) is 0 Å². The number of sulfonamides is 1. The van der Waals surface area contributed by atoms with Crippen LogP contribution in [-0.2, 0) is 22.3 Å². The summed E-state index contributed by atoms with van der Waals surface area (Å²) in [6.07, 6.45) is 0. The second-order valence-electron chi connectivity index (χ2n) is 4.22. The zero-order valence-corrected chi connectivity index (χ0v) is 12.2. The summed E-state index contributed by atoms with van der Waals surface area (Å²) < 4.78 is 26.5. The Labute approximate surface area is 117 Å². The van der Waals surface area contributed by atoms with Crippen molar-refractivity contribution in [3.05, 3.63) is 52.2 Å². The fourth-order valence-electron chi connectivity index (χ4n) is 1.72. The van der Waals surface area contributed by atoms with Crippen LogP contribution in [0.15, 0.2) is 41.1 Å². The first-order chi connectivity index (χ1) is 9.09. The molecule has 2 N–H and O–H groups in total. The first-order valence-electron chi connectivity index (χ1n) is 5.84. The minimum atomic E-state index is -3.34.